The van der Waals surface area contributed by atoms with Crippen LogP contribution in [0.4, 0.5) is 0 Å². The van der Waals surface area contributed by atoms with E-state index in [4.69, 9.17) is 5.84 Å². The van der Waals surface area contributed by atoms with Crippen LogP contribution in [0.15, 0.2) is 30.3 Å². The summed E-state index contributed by atoms with van der Waals surface area (Å²) in [7, 11) is 0. The Kier molecular flexibility index (Phi) is 3.04. The van der Waals surface area contributed by atoms with Crippen LogP contribution in [0, 0.1) is 0 Å². The summed E-state index contributed by atoms with van der Waals surface area (Å²) in [5.74, 6) is 6.88. The van der Waals surface area contributed by atoms with Crippen LogP contribution in [-0.2, 0) is 0 Å². The average Bonchev–Trinajstić information content (AvgIpc) is 2.26. The molecule has 2 heteroatoms. The Morgan fingerprint density at radius 3 is 1.94 bits per heavy atom. The highest BCUT2D eigenvalue weighted by Gasteiger charge is 2.43. The van der Waals surface area contributed by atoms with E-state index in [1.807, 2.05) is 5.01 Å². The highest BCUT2D eigenvalue weighted by atomic mass is 15.5. The summed E-state index contributed by atoms with van der Waals surface area (Å²) >= 11 is 0. The van der Waals surface area contributed by atoms with Gasteiger partial charge in [0, 0.05) is 11.1 Å². The normalized spacial score (nSPS) is 24.8. The molecule has 1 aliphatic rings. The Bertz CT molecular complexity index is 363. The van der Waals surface area contributed by atoms with E-state index in [0.29, 0.717) is 5.92 Å². The van der Waals surface area contributed by atoms with Gasteiger partial charge >= 0.3 is 0 Å². The van der Waals surface area contributed by atoms with E-state index in [1.54, 1.807) is 0 Å². The maximum absolute atomic E-state index is 6.26. The summed E-state index contributed by atoms with van der Waals surface area (Å²) in [4.78, 5) is 0. The average molecular weight is 232 g/mol. The Morgan fingerprint density at radius 1 is 1.00 bits per heavy atom. The molecule has 0 saturated carbocycles. The molecule has 2 nitrogen and oxygen atoms in total. The Labute approximate surface area is 105 Å². The standard InChI is InChI=1S/C15H24N2/c1-14(2)10-13(11-15(3,4)17(14)16)12-8-6-5-7-9-12/h5-9,13H,10-11,16H2,1-4H3. The predicted molar refractivity (Wildman–Crippen MR) is 72.6 cm³/mol. The van der Waals surface area contributed by atoms with Crippen LogP contribution in [0.25, 0.3) is 0 Å². The summed E-state index contributed by atoms with van der Waals surface area (Å²) < 4.78 is 0. The molecule has 1 aromatic carbocycles. The second-order valence-electron chi connectivity index (χ2n) is 6.51. The smallest absolute Gasteiger partial charge is 0.0307 e. The zero-order chi connectivity index (χ0) is 12.7. The zero-order valence-corrected chi connectivity index (χ0v) is 11.4. The summed E-state index contributed by atoms with van der Waals surface area (Å²) in [6.45, 7) is 8.96. The van der Waals surface area contributed by atoms with Gasteiger partial charge in [0.1, 0.15) is 0 Å². The lowest BCUT2D eigenvalue weighted by Crippen LogP contribution is -2.63. The second-order valence-corrected chi connectivity index (χ2v) is 6.51. The fourth-order valence-corrected chi connectivity index (χ4v) is 3.26. The van der Waals surface area contributed by atoms with Gasteiger partial charge in [-0.15, -0.1) is 0 Å². The van der Waals surface area contributed by atoms with E-state index in [2.05, 4.69) is 58.0 Å². The number of hydrazine groups is 1. The molecule has 0 bridgehead atoms. The van der Waals surface area contributed by atoms with Crippen LogP contribution < -0.4 is 5.84 Å². The third-order valence-electron chi connectivity index (χ3n) is 4.07. The maximum atomic E-state index is 6.26. The summed E-state index contributed by atoms with van der Waals surface area (Å²) in [5, 5.41) is 2.04. The molecule has 1 saturated heterocycles. The molecule has 94 valence electrons. The molecule has 17 heavy (non-hydrogen) atoms. The molecular weight excluding hydrogens is 208 g/mol. The molecule has 0 aromatic heterocycles. The largest absolute Gasteiger partial charge is 0.268 e. The van der Waals surface area contributed by atoms with Crippen LogP contribution in [0.3, 0.4) is 0 Å². The van der Waals surface area contributed by atoms with Gasteiger partial charge in [-0.2, -0.15) is 0 Å². The number of nitrogens with zero attached hydrogens (tertiary/aromatic N) is 1. The van der Waals surface area contributed by atoms with E-state index in [1.165, 1.54) is 5.56 Å². The molecule has 1 aromatic rings. The SMILES string of the molecule is CC1(C)CC(c2ccccc2)CC(C)(C)N1N. The van der Waals surface area contributed by atoms with Gasteiger partial charge < -0.3 is 0 Å². The van der Waals surface area contributed by atoms with Gasteiger partial charge in [0.25, 0.3) is 0 Å². The van der Waals surface area contributed by atoms with Gasteiger partial charge in [-0.05, 0) is 52.0 Å². The first-order chi connectivity index (χ1) is 7.83. The van der Waals surface area contributed by atoms with Gasteiger partial charge in [-0.25, -0.2) is 5.01 Å². The van der Waals surface area contributed by atoms with Gasteiger partial charge in [-0.1, -0.05) is 30.3 Å². The van der Waals surface area contributed by atoms with Crippen molar-refractivity contribution in [1.29, 1.82) is 0 Å². The number of hydrogen-bond acceptors (Lipinski definition) is 2. The monoisotopic (exact) mass is 232 g/mol. The van der Waals surface area contributed by atoms with Crippen LogP contribution >= 0.6 is 0 Å². The Balaban J connectivity index is 2.28. The third-order valence-corrected chi connectivity index (χ3v) is 4.07. The molecule has 0 spiro atoms. The van der Waals surface area contributed by atoms with Crippen molar-refractivity contribution in [2.45, 2.75) is 57.5 Å². The van der Waals surface area contributed by atoms with E-state index in [-0.39, 0.29) is 11.1 Å². The number of benzene rings is 1. The molecule has 0 amide bonds. The van der Waals surface area contributed by atoms with Gasteiger partial charge in [-0.3, -0.25) is 5.84 Å². The first kappa shape index (κ1) is 12.6. The molecule has 1 fully saturated rings. The van der Waals surface area contributed by atoms with Crippen LogP contribution in [-0.4, -0.2) is 16.1 Å². The minimum absolute atomic E-state index is 0.0578. The fourth-order valence-electron chi connectivity index (χ4n) is 3.26. The number of nitrogens with two attached hydrogens (primary N) is 1. The summed E-state index contributed by atoms with van der Waals surface area (Å²) in [5.41, 5.74) is 1.56. The van der Waals surface area contributed by atoms with E-state index in [0.717, 1.165) is 12.8 Å². The number of hydrogen-bond donors (Lipinski definition) is 1. The van der Waals surface area contributed by atoms with Crippen molar-refractivity contribution in [3.8, 4) is 0 Å². The molecule has 0 atom stereocenters. The molecule has 1 heterocycles. The van der Waals surface area contributed by atoms with Crippen molar-refractivity contribution >= 4 is 0 Å². The third kappa shape index (κ3) is 2.38. The quantitative estimate of drug-likeness (QED) is 0.753. The van der Waals surface area contributed by atoms with Crippen molar-refractivity contribution in [3.63, 3.8) is 0 Å². The molecule has 2 rings (SSSR count). The van der Waals surface area contributed by atoms with Gasteiger partial charge in [0.05, 0.1) is 0 Å². The summed E-state index contributed by atoms with van der Waals surface area (Å²) in [6.07, 6.45) is 2.24. The summed E-state index contributed by atoms with van der Waals surface area (Å²) in [6, 6.07) is 10.8. The second kappa shape index (κ2) is 4.11. The van der Waals surface area contributed by atoms with Gasteiger partial charge in [0.15, 0.2) is 0 Å². The van der Waals surface area contributed by atoms with Crippen molar-refractivity contribution in [1.82, 2.24) is 5.01 Å². The van der Waals surface area contributed by atoms with Crippen molar-refractivity contribution < 1.29 is 0 Å². The van der Waals surface area contributed by atoms with Crippen molar-refractivity contribution in [2.75, 3.05) is 0 Å². The predicted octanol–water partition coefficient (Wildman–Crippen LogP) is 3.30. The van der Waals surface area contributed by atoms with Crippen LogP contribution in [0.1, 0.15) is 52.0 Å². The lowest BCUT2D eigenvalue weighted by atomic mass is 9.72. The Hall–Kier alpha value is -0.860. The molecule has 1 aliphatic heterocycles. The van der Waals surface area contributed by atoms with Crippen LogP contribution in [0.2, 0.25) is 0 Å². The maximum Gasteiger partial charge on any atom is 0.0307 e. The van der Waals surface area contributed by atoms with Crippen molar-refractivity contribution in [2.24, 2.45) is 5.84 Å². The first-order valence-corrected chi connectivity index (χ1v) is 6.43. The van der Waals surface area contributed by atoms with E-state index in [9.17, 15) is 0 Å². The Morgan fingerprint density at radius 2 is 1.47 bits per heavy atom. The van der Waals surface area contributed by atoms with Crippen molar-refractivity contribution in [3.05, 3.63) is 35.9 Å². The molecule has 0 aliphatic carbocycles. The highest BCUT2D eigenvalue weighted by molar-refractivity contribution is 5.22. The van der Waals surface area contributed by atoms with E-state index >= 15 is 0 Å². The van der Waals surface area contributed by atoms with Gasteiger partial charge in [0.2, 0.25) is 0 Å². The number of piperidine rings is 1. The highest BCUT2D eigenvalue weighted by Crippen LogP contribution is 2.43. The molecule has 2 N–H and O–H groups in total. The van der Waals surface area contributed by atoms with E-state index < -0.39 is 0 Å². The number of rotatable bonds is 1. The topological polar surface area (TPSA) is 29.3 Å². The lowest BCUT2D eigenvalue weighted by Gasteiger charge is -2.53. The minimum Gasteiger partial charge on any atom is -0.268 e. The lowest BCUT2D eigenvalue weighted by molar-refractivity contribution is -0.0374. The first-order valence-electron chi connectivity index (χ1n) is 6.43. The molecule has 0 unspecified atom stereocenters. The molecular formula is C15H24N2. The fraction of sp³-hybridized carbons (Fsp3) is 0.600. The minimum atomic E-state index is 0.0578. The zero-order valence-electron chi connectivity index (χ0n) is 11.4. The molecule has 0 radical (unpaired) electrons. The van der Waals surface area contributed by atoms with Crippen LogP contribution in [0.5, 0.6) is 0 Å².